The molecular weight excluding hydrogens is 378 g/mol. The van der Waals surface area contributed by atoms with Crippen LogP contribution in [-0.4, -0.2) is 23.6 Å². The summed E-state index contributed by atoms with van der Waals surface area (Å²) in [6.45, 7) is 2.76. The van der Waals surface area contributed by atoms with E-state index in [1.807, 2.05) is 43.5 Å². The third-order valence-corrected chi connectivity index (χ3v) is 4.28. The van der Waals surface area contributed by atoms with E-state index < -0.39 is 0 Å². The number of hydrogen-bond acceptors (Lipinski definition) is 4. The van der Waals surface area contributed by atoms with E-state index in [-0.39, 0.29) is 0 Å². The number of nitrogens with zero attached hydrogens (tertiary/aromatic N) is 2. The minimum Gasteiger partial charge on any atom is -0.493 e. The summed E-state index contributed by atoms with van der Waals surface area (Å²) in [5.41, 5.74) is 2.76. The lowest BCUT2D eigenvalue weighted by molar-refractivity contribution is 0.416. The van der Waals surface area contributed by atoms with Crippen molar-refractivity contribution in [3.8, 4) is 16.9 Å². The van der Waals surface area contributed by atoms with Gasteiger partial charge in [-0.3, -0.25) is 0 Å². The fourth-order valence-corrected chi connectivity index (χ4v) is 3.24. The number of anilines is 1. The molecule has 0 saturated heterocycles. The summed E-state index contributed by atoms with van der Waals surface area (Å²) >= 11 is 9.70. The second-order valence-electron chi connectivity index (χ2n) is 4.94. The van der Waals surface area contributed by atoms with Crippen molar-refractivity contribution in [2.45, 2.75) is 6.92 Å². The second-order valence-corrected chi connectivity index (χ2v) is 6.23. The van der Waals surface area contributed by atoms with Crippen molar-refractivity contribution in [3.05, 3.63) is 46.0 Å². The van der Waals surface area contributed by atoms with Gasteiger partial charge in [-0.1, -0.05) is 23.7 Å². The first kappa shape index (κ1) is 16.0. The van der Waals surface area contributed by atoms with E-state index >= 15 is 0 Å². The van der Waals surface area contributed by atoms with Crippen LogP contribution < -0.4 is 10.1 Å². The van der Waals surface area contributed by atoms with Gasteiger partial charge in [0.15, 0.2) is 5.75 Å². The molecule has 0 unspecified atom stereocenters. The highest BCUT2D eigenvalue weighted by Gasteiger charge is 2.15. The van der Waals surface area contributed by atoms with Gasteiger partial charge >= 0.3 is 0 Å². The predicted molar refractivity (Wildman–Crippen MR) is 98.4 cm³/mol. The zero-order valence-electron chi connectivity index (χ0n) is 12.7. The topological polar surface area (TPSA) is 47.0 Å². The Morgan fingerprint density at radius 3 is 2.83 bits per heavy atom. The smallest absolute Gasteiger partial charge is 0.223 e. The number of methoxy groups -OCH3 is 1. The second kappa shape index (κ2) is 6.72. The van der Waals surface area contributed by atoms with E-state index in [2.05, 4.69) is 31.2 Å². The zero-order valence-corrected chi connectivity index (χ0v) is 15.1. The van der Waals surface area contributed by atoms with Crippen LogP contribution in [0.15, 0.2) is 41.0 Å². The molecule has 0 radical (unpaired) electrons. The van der Waals surface area contributed by atoms with Gasteiger partial charge in [-0.05, 0) is 52.2 Å². The van der Waals surface area contributed by atoms with E-state index in [9.17, 15) is 0 Å². The molecule has 118 valence electrons. The summed E-state index contributed by atoms with van der Waals surface area (Å²) in [4.78, 5) is 8.98. The number of hydrogen-bond donors (Lipinski definition) is 1. The maximum atomic E-state index is 6.13. The SMILES string of the molecule is CCNc1ncc2c(-c3cccc(Cl)c3)cc(Br)c(OC)c2n1. The molecule has 0 atom stereocenters. The normalized spacial score (nSPS) is 10.8. The molecule has 0 aliphatic heterocycles. The Morgan fingerprint density at radius 1 is 1.30 bits per heavy atom. The number of rotatable bonds is 4. The average Bonchev–Trinajstić information content (AvgIpc) is 2.54. The van der Waals surface area contributed by atoms with Gasteiger partial charge in [0.1, 0.15) is 5.52 Å². The fourth-order valence-electron chi connectivity index (χ4n) is 2.47. The number of halogens is 2. The number of benzene rings is 2. The fraction of sp³-hybridized carbons (Fsp3) is 0.176. The van der Waals surface area contributed by atoms with Crippen LogP contribution >= 0.6 is 27.5 Å². The molecule has 0 aliphatic carbocycles. The lowest BCUT2D eigenvalue weighted by atomic mass is 10.0. The standard InChI is InChI=1S/C17H15BrClN3O/c1-3-20-17-21-9-13-12(10-5-4-6-11(19)7-10)8-14(18)16(23-2)15(13)22-17/h4-9H,3H2,1-2H3,(H,20,21,22). The maximum Gasteiger partial charge on any atom is 0.223 e. The highest BCUT2D eigenvalue weighted by molar-refractivity contribution is 9.10. The van der Waals surface area contributed by atoms with Crippen molar-refractivity contribution in [2.24, 2.45) is 0 Å². The van der Waals surface area contributed by atoms with Crippen LogP contribution in [0.5, 0.6) is 5.75 Å². The first-order valence-electron chi connectivity index (χ1n) is 7.17. The summed E-state index contributed by atoms with van der Waals surface area (Å²) < 4.78 is 6.35. The molecule has 4 nitrogen and oxygen atoms in total. The highest BCUT2D eigenvalue weighted by atomic mass is 79.9. The molecule has 1 N–H and O–H groups in total. The van der Waals surface area contributed by atoms with Crippen molar-refractivity contribution in [2.75, 3.05) is 19.0 Å². The van der Waals surface area contributed by atoms with Crippen LogP contribution in [0.3, 0.4) is 0 Å². The molecule has 0 spiro atoms. The molecule has 0 amide bonds. The monoisotopic (exact) mass is 391 g/mol. The number of ether oxygens (including phenoxy) is 1. The van der Waals surface area contributed by atoms with Crippen LogP contribution in [0.25, 0.3) is 22.0 Å². The average molecular weight is 393 g/mol. The van der Waals surface area contributed by atoms with Gasteiger partial charge in [0, 0.05) is 23.2 Å². The molecular formula is C17H15BrClN3O. The molecule has 3 aromatic rings. The van der Waals surface area contributed by atoms with Crippen LogP contribution in [0.4, 0.5) is 5.95 Å². The van der Waals surface area contributed by atoms with Gasteiger partial charge in [-0.15, -0.1) is 0 Å². The van der Waals surface area contributed by atoms with Crippen molar-refractivity contribution in [1.82, 2.24) is 9.97 Å². The van der Waals surface area contributed by atoms with Crippen molar-refractivity contribution >= 4 is 44.4 Å². The lowest BCUT2D eigenvalue weighted by Gasteiger charge is -2.13. The molecule has 6 heteroatoms. The van der Waals surface area contributed by atoms with Crippen LogP contribution in [-0.2, 0) is 0 Å². The highest BCUT2D eigenvalue weighted by Crippen LogP contribution is 2.39. The Kier molecular flexibility index (Phi) is 4.68. The maximum absolute atomic E-state index is 6.13. The summed E-state index contributed by atoms with van der Waals surface area (Å²) in [6, 6.07) is 9.72. The predicted octanol–water partition coefficient (Wildman–Crippen LogP) is 5.15. The Hall–Kier alpha value is -1.85. The quantitative estimate of drug-likeness (QED) is 0.667. The van der Waals surface area contributed by atoms with Crippen LogP contribution in [0.1, 0.15) is 6.92 Å². The Labute approximate surface area is 148 Å². The van der Waals surface area contributed by atoms with Crippen molar-refractivity contribution in [3.63, 3.8) is 0 Å². The minimum absolute atomic E-state index is 0.577. The van der Waals surface area contributed by atoms with E-state index in [4.69, 9.17) is 16.3 Å². The number of aromatic nitrogens is 2. The Balaban J connectivity index is 2.31. The molecule has 0 fully saturated rings. The summed E-state index contributed by atoms with van der Waals surface area (Å²) in [6.07, 6.45) is 1.81. The molecule has 1 heterocycles. The van der Waals surface area contributed by atoms with Crippen LogP contribution in [0.2, 0.25) is 5.02 Å². The van der Waals surface area contributed by atoms with Crippen molar-refractivity contribution < 1.29 is 4.74 Å². The molecule has 23 heavy (non-hydrogen) atoms. The van der Waals surface area contributed by atoms with E-state index in [1.165, 1.54) is 0 Å². The molecule has 2 aromatic carbocycles. The molecule has 3 rings (SSSR count). The van der Waals surface area contributed by atoms with Gasteiger partial charge in [-0.2, -0.15) is 0 Å². The molecule has 0 aliphatic rings. The van der Waals surface area contributed by atoms with Gasteiger partial charge < -0.3 is 10.1 Å². The van der Waals surface area contributed by atoms with Gasteiger partial charge in [0.25, 0.3) is 0 Å². The third kappa shape index (κ3) is 3.12. The Bertz CT molecular complexity index is 870. The van der Waals surface area contributed by atoms with E-state index in [0.717, 1.165) is 33.0 Å². The largest absolute Gasteiger partial charge is 0.493 e. The van der Waals surface area contributed by atoms with E-state index in [0.29, 0.717) is 16.7 Å². The first-order chi connectivity index (χ1) is 11.1. The minimum atomic E-state index is 0.577. The molecule has 1 aromatic heterocycles. The summed E-state index contributed by atoms with van der Waals surface area (Å²) in [5, 5.41) is 4.72. The molecule has 0 saturated carbocycles. The number of nitrogens with one attached hydrogen (secondary N) is 1. The first-order valence-corrected chi connectivity index (χ1v) is 8.34. The van der Waals surface area contributed by atoms with E-state index in [1.54, 1.807) is 7.11 Å². The Morgan fingerprint density at radius 2 is 2.13 bits per heavy atom. The van der Waals surface area contributed by atoms with Gasteiger partial charge in [0.2, 0.25) is 5.95 Å². The number of fused-ring (bicyclic) bond motifs is 1. The van der Waals surface area contributed by atoms with Gasteiger partial charge in [0.05, 0.1) is 11.6 Å². The van der Waals surface area contributed by atoms with Gasteiger partial charge in [-0.25, -0.2) is 9.97 Å². The van der Waals surface area contributed by atoms with Crippen LogP contribution in [0, 0.1) is 0 Å². The van der Waals surface area contributed by atoms with Crippen molar-refractivity contribution in [1.29, 1.82) is 0 Å². The third-order valence-electron chi connectivity index (χ3n) is 3.46. The zero-order chi connectivity index (χ0) is 16.4. The molecule has 0 bridgehead atoms. The summed E-state index contributed by atoms with van der Waals surface area (Å²) in [5.74, 6) is 1.26. The summed E-state index contributed by atoms with van der Waals surface area (Å²) in [7, 11) is 1.63. The lowest BCUT2D eigenvalue weighted by Crippen LogP contribution is -2.03.